The molecule has 0 saturated carbocycles. The Bertz CT molecular complexity index is 892. The number of aryl methyl sites for hydroxylation is 1. The van der Waals surface area contributed by atoms with Crippen molar-refractivity contribution in [2.75, 3.05) is 12.0 Å². The second-order valence-corrected chi connectivity index (χ2v) is 5.56. The van der Waals surface area contributed by atoms with Crippen LogP contribution in [-0.2, 0) is 6.42 Å². The average molecular weight is 349 g/mol. The van der Waals surface area contributed by atoms with Crippen molar-refractivity contribution in [3.8, 4) is 5.75 Å². The molecule has 7 heteroatoms. The van der Waals surface area contributed by atoms with E-state index in [0.29, 0.717) is 6.61 Å². The highest BCUT2D eigenvalue weighted by Crippen LogP contribution is 2.12. The summed E-state index contributed by atoms with van der Waals surface area (Å²) in [5, 5.41) is 11.2. The van der Waals surface area contributed by atoms with Crippen LogP contribution in [0.5, 0.6) is 5.75 Å². The Hall–Kier alpha value is -3.48. The lowest BCUT2D eigenvalue weighted by molar-refractivity contribution is 0.311. The van der Waals surface area contributed by atoms with Gasteiger partial charge in [0, 0.05) is 0 Å². The van der Waals surface area contributed by atoms with Crippen LogP contribution in [0.4, 0.5) is 5.95 Å². The van der Waals surface area contributed by atoms with Gasteiger partial charge in [0.2, 0.25) is 5.95 Å². The van der Waals surface area contributed by atoms with Crippen LogP contribution in [0.3, 0.4) is 0 Å². The Kier molecular flexibility index (Phi) is 6.09. The summed E-state index contributed by atoms with van der Waals surface area (Å²) < 4.78 is 5.75. The van der Waals surface area contributed by atoms with Crippen molar-refractivity contribution in [1.29, 1.82) is 0 Å². The molecule has 1 aromatic heterocycles. The minimum atomic E-state index is -0.341. The highest BCUT2D eigenvalue weighted by molar-refractivity contribution is 5.80. The van der Waals surface area contributed by atoms with Gasteiger partial charge in [-0.3, -0.25) is 9.78 Å². The normalized spacial score (nSPS) is 10.8. The van der Waals surface area contributed by atoms with Gasteiger partial charge >= 0.3 is 0 Å². The molecule has 0 saturated heterocycles. The van der Waals surface area contributed by atoms with E-state index in [1.807, 2.05) is 42.5 Å². The monoisotopic (exact) mass is 349 g/mol. The molecule has 0 fully saturated rings. The molecule has 3 aromatic rings. The maximum absolute atomic E-state index is 11.1. The molecule has 0 aliphatic heterocycles. The van der Waals surface area contributed by atoms with Gasteiger partial charge in [0.05, 0.1) is 12.8 Å². The van der Waals surface area contributed by atoms with Crippen LogP contribution in [0.15, 0.2) is 70.7 Å². The van der Waals surface area contributed by atoms with Gasteiger partial charge in [-0.25, -0.2) is 5.43 Å². The van der Waals surface area contributed by atoms with Crippen molar-refractivity contribution >= 4 is 12.2 Å². The minimum absolute atomic E-state index is 0.187. The van der Waals surface area contributed by atoms with Crippen LogP contribution in [0, 0.1) is 0 Å². The minimum Gasteiger partial charge on any atom is -0.494 e. The van der Waals surface area contributed by atoms with Crippen molar-refractivity contribution in [2.45, 2.75) is 12.8 Å². The first-order valence-corrected chi connectivity index (χ1v) is 8.27. The SMILES string of the molecule is O=c1cnnc(N/N=C/c2ccc(OCCCc3ccccc3)cc2)[nH]1. The quantitative estimate of drug-likeness (QED) is 0.370. The van der Waals surface area contributed by atoms with E-state index in [2.05, 4.69) is 37.8 Å². The first kappa shape index (κ1) is 17.3. The van der Waals surface area contributed by atoms with Crippen LogP contribution in [0.1, 0.15) is 17.5 Å². The number of nitrogens with zero attached hydrogens (tertiary/aromatic N) is 3. The Morgan fingerprint density at radius 3 is 2.69 bits per heavy atom. The molecule has 1 heterocycles. The second kappa shape index (κ2) is 9.12. The van der Waals surface area contributed by atoms with E-state index in [0.717, 1.165) is 30.4 Å². The predicted molar refractivity (Wildman–Crippen MR) is 101 cm³/mol. The molecule has 26 heavy (non-hydrogen) atoms. The molecule has 0 aliphatic rings. The maximum atomic E-state index is 11.1. The number of nitrogens with one attached hydrogen (secondary N) is 2. The van der Waals surface area contributed by atoms with Crippen LogP contribution < -0.4 is 15.7 Å². The first-order chi connectivity index (χ1) is 12.8. The molecule has 0 radical (unpaired) electrons. The van der Waals surface area contributed by atoms with Crippen molar-refractivity contribution in [3.05, 3.63) is 82.3 Å². The van der Waals surface area contributed by atoms with Gasteiger partial charge in [0.25, 0.3) is 5.56 Å². The third-order valence-corrected chi connectivity index (χ3v) is 3.56. The lowest BCUT2D eigenvalue weighted by Crippen LogP contribution is -2.10. The van der Waals surface area contributed by atoms with Crippen molar-refractivity contribution in [3.63, 3.8) is 0 Å². The van der Waals surface area contributed by atoms with Gasteiger partial charge in [-0.1, -0.05) is 30.3 Å². The summed E-state index contributed by atoms with van der Waals surface area (Å²) in [6.45, 7) is 0.671. The van der Waals surface area contributed by atoms with E-state index in [1.165, 1.54) is 5.56 Å². The number of hydrazone groups is 1. The van der Waals surface area contributed by atoms with Gasteiger partial charge in [-0.05, 0) is 48.2 Å². The molecule has 0 unspecified atom stereocenters. The summed E-state index contributed by atoms with van der Waals surface area (Å²) in [6, 6.07) is 18.0. The van der Waals surface area contributed by atoms with E-state index in [-0.39, 0.29) is 11.5 Å². The molecular formula is C19H19N5O2. The molecule has 2 N–H and O–H groups in total. The first-order valence-electron chi connectivity index (χ1n) is 8.27. The van der Waals surface area contributed by atoms with Crippen LogP contribution in [0.2, 0.25) is 0 Å². The Labute approximate surface area is 150 Å². The van der Waals surface area contributed by atoms with Crippen LogP contribution in [-0.4, -0.2) is 28.0 Å². The van der Waals surface area contributed by atoms with Crippen molar-refractivity contribution < 1.29 is 4.74 Å². The third-order valence-electron chi connectivity index (χ3n) is 3.56. The van der Waals surface area contributed by atoms with Crippen LogP contribution in [0.25, 0.3) is 0 Å². The third kappa shape index (κ3) is 5.55. The summed E-state index contributed by atoms with van der Waals surface area (Å²) in [7, 11) is 0. The summed E-state index contributed by atoms with van der Waals surface area (Å²) in [5.41, 5.74) is 4.48. The molecule has 0 atom stereocenters. The molecule has 0 spiro atoms. The number of ether oxygens (including phenoxy) is 1. The van der Waals surface area contributed by atoms with Gasteiger partial charge in [0.1, 0.15) is 11.9 Å². The Morgan fingerprint density at radius 1 is 1.12 bits per heavy atom. The van der Waals surface area contributed by atoms with Crippen molar-refractivity contribution in [1.82, 2.24) is 15.2 Å². The smallest absolute Gasteiger partial charge is 0.271 e. The topological polar surface area (TPSA) is 92.3 Å². The van der Waals surface area contributed by atoms with E-state index >= 15 is 0 Å². The van der Waals surface area contributed by atoms with Crippen molar-refractivity contribution in [2.24, 2.45) is 5.10 Å². The lowest BCUT2D eigenvalue weighted by atomic mass is 10.1. The Balaban J connectivity index is 1.43. The molecule has 0 amide bonds. The van der Waals surface area contributed by atoms with Gasteiger partial charge in [0.15, 0.2) is 0 Å². The maximum Gasteiger partial charge on any atom is 0.271 e. The zero-order valence-electron chi connectivity index (χ0n) is 14.1. The number of benzene rings is 2. The van der Waals surface area contributed by atoms with E-state index in [9.17, 15) is 4.79 Å². The Morgan fingerprint density at radius 2 is 1.92 bits per heavy atom. The summed E-state index contributed by atoms with van der Waals surface area (Å²) in [4.78, 5) is 13.6. The molecular weight excluding hydrogens is 330 g/mol. The number of hydrogen-bond donors (Lipinski definition) is 2. The van der Waals surface area contributed by atoms with E-state index in [4.69, 9.17) is 4.74 Å². The van der Waals surface area contributed by atoms with Gasteiger partial charge in [-0.2, -0.15) is 5.10 Å². The standard InChI is InChI=1S/C19H19N5O2/c25-18-14-21-24-19(22-18)23-20-13-16-8-10-17(11-9-16)26-12-4-7-15-5-2-1-3-6-15/h1-3,5-6,8-11,13-14H,4,7,12H2,(H2,22,23,24,25)/b20-13+. The molecule has 0 bridgehead atoms. The zero-order chi connectivity index (χ0) is 18.0. The predicted octanol–water partition coefficient (Wildman–Crippen LogP) is 2.62. The average Bonchev–Trinajstić information content (AvgIpc) is 2.67. The van der Waals surface area contributed by atoms with Gasteiger partial charge < -0.3 is 4.74 Å². The summed E-state index contributed by atoms with van der Waals surface area (Å²) in [6.07, 6.45) is 4.68. The highest BCUT2D eigenvalue weighted by Gasteiger charge is 1.97. The summed E-state index contributed by atoms with van der Waals surface area (Å²) >= 11 is 0. The number of aromatic amines is 1. The number of hydrogen-bond acceptors (Lipinski definition) is 6. The largest absolute Gasteiger partial charge is 0.494 e. The highest BCUT2D eigenvalue weighted by atomic mass is 16.5. The number of rotatable bonds is 8. The molecule has 3 rings (SSSR count). The second-order valence-electron chi connectivity index (χ2n) is 5.56. The van der Waals surface area contributed by atoms with E-state index in [1.54, 1.807) is 6.21 Å². The molecule has 7 nitrogen and oxygen atoms in total. The van der Waals surface area contributed by atoms with E-state index < -0.39 is 0 Å². The van der Waals surface area contributed by atoms with Gasteiger partial charge in [-0.15, -0.1) is 10.2 Å². The molecule has 2 aromatic carbocycles. The fourth-order valence-corrected chi connectivity index (χ4v) is 2.29. The fraction of sp³-hybridized carbons (Fsp3) is 0.158. The molecule has 0 aliphatic carbocycles. The zero-order valence-corrected chi connectivity index (χ0v) is 14.1. The number of aromatic nitrogens is 3. The lowest BCUT2D eigenvalue weighted by Gasteiger charge is -2.06. The van der Waals surface area contributed by atoms with Crippen LogP contribution >= 0.6 is 0 Å². The number of anilines is 1. The summed E-state index contributed by atoms with van der Waals surface area (Å²) in [5.74, 6) is 1.01. The number of H-pyrrole nitrogens is 1. The fourth-order valence-electron chi connectivity index (χ4n) is 2.29. The molecule has 132 valence electrons.